The summed E-state index contributed by atoms with van der Waals surface area (Å²) in [6.07, 6.45) is -2.80. The van der Waals surface area contributed by atoms with Crippen LogP contribution in [0.2, 0.25) is 0 Å². The summed E-state index contributed by atoms with van der Waals surface area (Å²) in [5, 5.41) is -0.410. The van der Waals surface area contributed by atoms with Crippen LogP contribution in [-0.2, 0) is 14.3 Å². The molecule has 0 amide bonds. The molecule has 0 aromatic rings. The van der Waals surface area contributed by atoms with Gasteiger partial charge >= 0.3 is 18.1 Å². The maximum atomic E-state index is 12.1. The Hall–Kier alpha value is -0.760. The molecule has 4 nitrogen and oxygen atoms in total. The highest BCUT2D eigenvalue weighted by Crippen LogP contribution is 2.46. The molecular formula is C11H16F3NO3S. The molecule has 1 fully saturated rings. The first-order valence-corrected chi connectivity index (χ1v) is 6.47. The first-order valence-electron chi connectivity index (χ1n) is 5.95. The molecule has 0 heterocycles. The Kier molecular flexibility index (Phi) is 5.26. The molecule has 0 aliphatic heterocycles. The van der Waals surface area contributed by atoms with Crippen molar-refractivity contribution in [3.63, 3.8) is 0 Å². The number of halogens is 3. The van der Waals surface area contributed by atoms with Gasteiger partial charge in [-0.15, -0.1) is 0 Å². The van der Waals surface area contributed by atoms with Crippen LogP contribution >= 0.6 is 12.6 Å². The van der Waals surface area contributed by atoms with Crippen molar-refractivity contribution < 1.29 is 27.5 Å². The maximum absolute atomic E-state index is 12.1. The molecular weight excluding hydrogens is 283 g/mol. The van der Waals surface area contributed by atoms with Crippen molar-refractivity contribution in [3.05, 3.63) is 0 Å². The van der Waals surface area contributed by atoms with Gasteiger partial charge in [-0.05, 0) is 32.2 Å². The first kappa shape index (κ1) is 16.3. The van der Waals surface area contributed by atoms with Gasteiger partial charge in [-0.3, -0.25) is 4.79 Å². The summed E-state index contributed by atoms with van der Waals surface area (Å²) < 4.78 is 40.3. The standard InChI is InChI=1S/C11H16F3NO3S/c12-11(13,14)9(17)18-8(16)10(5-2-6-15)4-1-3-7(10)19/h7,19H,1-6,15H2. The highest BCUT2D eigenvalue weighted by Gasteiger charge is 2.51. The summed E-state index contributed by atoms with van der Waals surface area (Å²) in [4.78, 5) is 22.6. The van der Waals surface area contributed by atoms with Crippen molar-refractivity contribution in [2.45, 2.75) is 43.5 Å². The molecule has 0 bridgehead atoms. The lowest BCUT2D eigenvalue weighted by molar-refractivity contribution is -0.205. The normalized spacial score (nSPS) is 27.3. The van der Waals surface area contributed by atoms with E-state index in [2.05, 4.69) is 17.4 Å². The fourth-order valence-electron chi connectivity index (χ4n) is 2.35. The molecule has 1 rings (SSSR count). The van der Waals surface area contributed by atoms with Crippen molar-refractivity contribution in [1.29, 1.82) is 0 Å². The Morgan fingerprint density at radius 2 is 2.05 bits per heavy atom. The number of ether oxygens (including phenoxy) is 1. The average Bonchev–Trinajstić information content (AvgIpc) is 2.68. The van der Waals surface area contributed by atoms with E-state index < -0.39 is 28.8 Å². The molecule has 0 spiro atoms. The van der Waals surface area contributed by atoms with Crippen LogP contribution in [0, 0.1) is 5.41 Å². The molecule has 19 heavy (non-hydrogen) atoms. The minimum atomic E-state index is -5.17. The van der Waals surface area contributed by atoms with E-state index in [9.17, 15) is 22.8 Å². The Bertz CT molecular complexity index is 362. The van der Waals surface area contributed by atoms with Crippen LogP contribution in [-0.4, -0.2) is 29.9 Å². The second kappa shape index (κ2) is 6.13. The Morgan fingerprint density at radius 3 is 2.47 bits per heavy atom. The predicted octanol–water partition coefficient (Wildman–Crippen LogP) is 1.83. The van der Waals surface area contributed by atoms with Gasteiger partial charge in [0.25, 0.3) is 0 Å². The summed E-state index contributed by atoms with van der Waals surface area (Å²) in [5.41, 5.74) is 4.22. The van der Waals surface area contributed by atoms with Crippen LogP contribution < -0.4 is 5.73 Å². The SMILES string of the molecule is NCCCC1(C(=O)OC(=O)C(F)(F)F)CCCC1S. The number of hydrogen-bond acceptors (Lipinski definition) is 5. The number of hydrogen-bond donors (Lipinski definition) is 2. The number of alkyl halides is 3. The van der Waals surface area contributed by atoms with Crippen LogP contribution in [0.25, 0.3) is 0 Å². The average molecular weight is 299 g/mol. The number of carbonyl (C=O) groups excluding carboxylic acids is 2. The number of rotatable bonds is 4. The highest BCUT2D eigenvalue weighted by molar-refractivity contribution is 7.81. The molecule has 2 unspecified atom stereocenters. The lowest BCUT2D eigenvalue weighted by atomic mass is 9.81. The van der Waals surface area contributed by atoms with Gasteiger partial charge in [0, 0.05) is 5.25 Å². The van der Waals surface area contributed by atoms with E-state index in [1.165, 1.54) is 0 Å². The predicted molar refractivity (Wildman–Crippen MR) is 64.5 cm³/mol. The lowest BCUT2D eigenvalue weighted by Crippen LogP contribution is -2.41. The smallest absolute Gasteiger partial charge is 0.386 e. The van der Waals surface area contributed by atoms with Crippen LogP contribution in [0.15, 0.2) is 0 Å². The summed E-state index contributed by atoms with van der Waals surface area (Å²) in [5.74, 6) is -3.61. The van der Waals surface area contributed by atoms with Crippen molar-refractivity contribution in [3.8, 4) is 0 Å². The van der Waals surface area contributed by atoms with E-state index in [0.29, 0.717) is 32.2 Å². The Morgan fingerprint density at radius 1 is 1.42 bits per heavy atom. The monoisotopic (exact) mass is 299 g/mol. The van der Waals surface area contributed by atoms with Crippen LogP contribution in [0.5, 0.6) is 0 Å². The molecule has 1 aliphatic rings. The Labute approximate surface area is 114 Å². The lowest BCUT2D eigenvalue weighted by Gasteiger charge is -2.30. The van der Waals surface area contributed by atoms with Crippen LogP contribution in [0.4, 0.5) is 13.2 Å². The largest absolute Gasteiger partial charge is 0.491 e. The highest BCUT2D eigenvalue weighted by atomic mass is 32.1. The van der Waals surface area contributed by atoms with E-state index in [1.54, 1.807) is 0 Å². The molecule has 8 heteroatoms. The van der Waals surface area contributed by atoms with Gasteiger partial charge in [0.1, 0.15) is 0 Å². The van der Waals surface area contributed by atoms with Gasteiger partial charge in [0.05, 0.1) is 5.41 Å². The third-order valence-corrected chi connectivity index (χ3v) is 4.14. The number of nitrogens with two attached hydrogens (primary N) is 1. The van der Waals surface area contributed by atoms with Gasteiger partial charge in [-0.25, -0.2) is 4.79 Å². The van der Waals surface area contributed by atoms with Crippen LogP contribution in [0.3, 0.4) is 0 Å². The van der Waals surface area contributed by atoms with Gasteiger partial charge in [-0.2, -0.15) is 25.8 Å². The van der Waals surface area contributed by atoms with Crippen molar-refractivity contribution in [1.82, 2.24) is 0 Å². The summed E-state index contributed by atoms with van der Waals surface area (Å²) in [6.45, 7) is 0.308. The molecule has 0 aromatic carbocycles. The molecule has 0 aromatic heterocycles. The van der Waals surface area contributed by atoms with Crippen molar-refractivity contribution >= 4 is 24.6 Å². The molecule has 1 saturated carbocycles. The maximum Gasteiger partial charge on any atom is 0.491 e. The number of thiol groups is 1. The zero-order chi connectivity index (χ0) is 14.7. The van der Waals surface area contributed by atoms with E-state index in [1.807, 2.05) is 0 Å². The van der Waals surface area contributed by atoms with E-state index in [0.717, 1.165) is 0 Å². The minimum absolute atomic E-state index is 0.279. The second-order valence-electron chi connectivity index (χ2n) is 4.63. The molecule has 2 atom stereocenters. The topological polar surface area (TPSA) is 69.4 Å². The summed E-state index contributed by atoms with van der Waals surface area (Å²) in [6, 6.07) is 0. The second-order valence-corrected chi connectivity index (χ2v) is 5.25. The minimum Gasteiger partial charge on any atom is -0.386 e. The van der Waals surface area contributed by atoms with Gasteiger partial charge in [0.2, 0.25) is 0 Å². The van der Waals surface area contributed by atoms with Crippen molar-refractivity contribution in [2.75, 3.05) is 6.54 Å². The first-order chi connectivity index (χ1) is 8.74. The zero-order valence-corrected chi connectivity index (χ0v) is 11.1. The fourth-order valence-corrected chi connectivity index (χ4v) is 2.89. The van der Waals surface area contributed by atoms with Gasteiger partial charge < -0.3 is 10.5 Å². The number of carbonyl (C=O) groups is 2. The van der Waals surface area contributed by atoms with Gasteiger partial charge in [0.15, 0.2) is 0 Å². The van der Waals surface area contributed by atoms with Gasteiger partial charge in [-0.1, -0.05) is 6.42 Å². The quantitative estimate of drug-likeness (QED) is 0.472. The van der Waals surface area contributed by atoms with E-state index in [4.69, 9.17) is 5.73 Å². The Balaban J connectivity index is 2.81. The zero-order valence-electron chi connectivity index (χ0n) is 10.2. The van der Waals surface area contributed by atoms with E-state index in [-0.39, 0.29) is 6.42 Å². The number of esters is 2. The van der Waals surface area contributed by atoms with E-state index >= 15 is 0 Å². The van der Waals surface area contributed by atoms with Crippen molar-refractivity contribution in [2.24, 2.45) is 11.1 Å². The van der Waals surface area contributed by atoms with Crippen LogP contribution in [0.1, 0.15) is 32.1 Å². The third-order valence-electron chi connectivity index (χ3n) is 3.39. The summed E-state index contributed by atoms with van der Waals surface area (Å²) >= 11 is 4.25. The fraction of sp³-hybridized carbons (Fsp3) is 0.818. The molecule has 0 saturated heterocycles. The third kappa shape index (κ3) is 3.62. The molecule has 110 valence electrons. The molecule has 0 radical (unpaired) electrons. The molecule has 1 aliphatic carbocycles. The summed E-state index contributed by atoms with van der Waals surface area (Å²) in [7, 11) is 0. The molecule has 2 N–H and O–H groups in total.